The van der Waals surface area contributed by atoms with Crippen LogP contribution in [-0.2, 0) is 6.42 Å². The summed E-state index contributed by atoms with van der Waals surface area (Å²) >= 11 is 0. The maximum atomic E-state index is 12.8. The van der Waals surface area contributed by atoms with E-state index in [0.717, 1.165) is 17.7 Å². The highest BCUT2D eigenvalue weighted by Crippen LogP contribution is 2.18. The molecule has 2 aromatic rings. The van der Waals surface area contributed by atoms with Crippen LogP contribution in [0.4, 0.5) is 10.2 Å². The number of anilines is 1. The number of hydrogen-bond donors (Lipinski definition) is 1. The van der Waals surface area contributed by atoms with Gasteiger partial charge in [0.05, 0.1) is 5.56 Å². The lowest BCUT2D eigenvalue weighted by molar-refractivity contribution is 0.627. The Labute approximate surface area is 124 Å². The first-order valence-electron chi connectivity index (χ1n) is 6.99. The summed E-state index contributed by atoms with van der Waals surface area (Å²) in [6, 6.07) is 12.3. The Morgan fingerprint density at radius 1 is 1.19 bits per heavy atom. The minimum absolute atomic E-state index is 0.232. The number of nitriles is 1. The van der Waals surface area contributed by atoms with Crippen molar-refractivity contribution < 1.29 is 4.39 Å². The highest BCUT2D eigenvalue weighted by atomic mass is 19.1. The molecule has 0 unspecified atom stereocenters. The van der Waals surface area contributed by atoms with Crippen LogP contribution in [0.15, 0.2) is 36.4 Å². The van der Waals surface area contributed by atoms with Crippen molar-refractivity contribution in [1.29, 1.82) is 5.26 Å². The van der Waals surface area contributed by atoms with Gasteiger partial charge in [-0.15, -0.1) is 0 Å². The van der Waals surface area contributed by atoms with Crippen LogP contribution in [0.3, 0.4) is 0 Å². The summed E-state index contributed by atoms with van der Waals surface area (Å²) in [6.07, 6.45) is 0.749. The first kappa shape index (κ1) is 15.0. The van der Waals surface area contributed by atoms with E-state index in [0.29, 0.717) is 23.8 Å². The molecule has 0 spiro atoms. The Morgan fingerprint density at radius 3 is 2.52 bits per heavy atom. The van der Waals surface area contributed by atoms with Gasteiger partial charge < -0.3 is 5.32 Å². The van der Waals surface area contributed by atoms with E-state index in [-0.39, 0.29) is 5.82 Å². The smallest absolute Gasteiger partial charge is 0.144 e. The number of halogens is 1. The molecule has 21 heavy (non-hydrogen) atoms. The van der Waals surface area contributed by atoms with Crippen LogP contribution in [0.5, 0.6) is 0 Å². The zero-order chi connectivity index (χ0) is 15.2. The van der Waals surface area contributed by atoms with Gasteiger partial charge in [-0.1, -0.05) is 26.0 Å². The molecule has 0 aliphatic carbocycles. The van der Waals surface area contributed by atoms with Crippen LogP contribution in [0, 0.1) is 17.1 Å². The molecule has 0 aliphatic heterocycles. The predicted octanol–water partition coefficient (Wildman–Crippen LogP) is 3.87. The lowest BCUT2D eigenvalue weighted by Crippen LogP contribution is -2.09. The summed E-state index contributed by atoms with van der Waals surface area (Å²) in [7, 11) is 0. The van der Waals surface area contributed by atoms with Gasteiger partial charge in [0.25, 0.3) is 0 Å². The molecule has 0 bridgehead atoms. The maximum Gasteiger partial charge on any atom is 0.144 e. The fraction of sp³-hybridized carbons (Fsp3) is 0.294. The molecule has 0 fully saturated rings. The van der Waals surface area contributed by atoms with Crippen molar-refractivity contribution in [2.45, 2.75) is 26.2 Å². The molecular formula is C17H18FN3. The van der Waals surface area contributed by atoms with Gasteiger partial charge in [0.15, 0.2) is 0 Å². The number of nitrogens with one attached hydrogen (secondary N) is 1. The largest absolute Gasteiger partial charge is 0.369 e. The van der Waals surface area contributed by atoms with E-state index in [9.17, 15) is 4.39 Å². The third kappa shape index (κ3) is 4.03. The second kappa shape index (κ2) is 6.85. The SMILES string of the molecule is CC(C)c1ccc(C#N)c(NCCc2ccc(F)cc2)n1. The first-order chi connectivity index (χ1) is 10.1. The van der Waals surface area contributed by atoms with Gasteiger partial charge in [-0.3, -0.25) is 0 Å². The van der Waals surface area contributed by atoms with Gasteiger partial charge in [-0.05, 0) is 42.2 Å². The molecule has 108 valence electrons. The summed E-state index contributed by atoms with van der Waals surface area (Å²) in [6.45, 7) is 4.78. The summed E-state index contributed by atoms with van der Waals surface area (Å²) < 4.78 is 12.8. The fourth-order valence-electron chi connectivity index (χ4n) is 2.00. The van der Waals surface area contributed by atoms with Gasteiger partial charge in [0, 0.05) is 12.2 Å². The predicted molar refractivity (Wildman–Crippen MR) is 81.6 cm³/mol. The monoisotopic (exact) mass is 283 g/mol. The van der Waals surface area contributed by atoms with Gasteiger partial charge in [0.1, 0.15) is 17.7 Å². The van der Waals surface area contributed by atoms with Crippen molar-refractivity contribution in [3.8, 4) is 6.07 Å². The Morgan fingerprint density at radius 2 is 1.90 bits per heavy atom. The second-order valence-corrected chi connectivity index (χ2v) is 5.20. The second-order valence-electron chi connectivity index (χ2n) is 5.20. The third-order valence-electron chi connectivity index (χ3n) is 3.25. The number of rotatable bonds is 5. The van der Waals surface area contributed by atoms with Gasteiger partial charge in [-0.25, -0.2) is 9.37 Å². The van der Waals surface area contributed by atoms with Crippen molar-refractivity contribution >= 4 is 5.82 Å². The van der Waals surface area contributed by atoms with Crippen molar-refractivity contribution in [2.24, 2.45) is 0 Å². The van der Waals surface area contributed by atoms with E-state index in [1.54, 1.807) is 18.2 Å². The Hall–Kier alpha value is -2.41. The molecule has 0 radical (unpaired) electrons. The Bertz CT molecular complexity index is 642. The quantitative estimate of drug-likeness (QED) is 0.906. The average Bonchev–Trinajstić information content (AvgIpc) is 2.49. The molecule has 0 saturated carbocycles. The Kier molecular flexibility index (Phi) is 4.89. The number of pyridine rings is 1. The third-order valence-corrected chi connectivity index (χ3v) is 3.25. The van der Waals surface area contributed by atoms with Crippen LogP contribution < -0.4 is 5.32 Å². The summed E-state index contributed by atoms with van der Waals surface area (Å²) in [5.41, 5.74) is 2.54. The number of benzene rings is 1. The van der Waals surface area contributed by atoms with Gasteiger partial charge in [-0.2, -0.15) is 5.26 Å². The molecule has 1 N–H and O–H groups in total. The van der Waals surface area contributed by atoms with E-state index in [1.807, 2.05) is 6.07 Å². The molecule has 0 saturated heterocycles. The summed E-state index contributed by atoms with van der Waals surface area (Å²) in [5.74, 6) is 0.700. The molecule has 1 aromatic carbocycles. The van der Waals surface area contributed by atoms with Crippen molar-refractivity contribution in [2.75, 3.05) is 11.9 Å². The lowest BCUT2D eigenvalue weighted by Gasteiger charge is -2.11. The molecule has 4 heteroatoms. The number of hydrogen-bond acceptors (Lipinski definition) is 3. The highest BCUT2D eigenvalue weighted by molar-refractivity contribution is 5.52. The molecule has 1 heterocycles. The van der Waals surface area contributed by atoms with E-state index < -0.39 is 0 Å². The van der Waals surface area contributed by atoms with E-state index in [4.69, 9.17) is 5.26 Å². The van der Waals surface area contributed by atoms with E-state index in [1.165, 1.54) is 12.1 Å². The standard InChI is InChI=1S/C17H18FN3/c1-12(2)16-8-5-14(11-19)17(21-16)20-10-9-13-3-6-15(18)7-4-13/h3-8,12H,9-10H2,1-2H3,(H,20,21). The molecule has 0 aliphatic rings. The molecule has 0 amide bonds. The van der Waals surface area contributed by atoms with E-state index in [2.05, 4.69) is 30.2 Å². The van der Waals surface area contributed by atoms with Crippen molar-refractivity contribution in [1.82, 2.24) is 4.98 Å². The molecular weight excluding hydrogens is 265 g/mol. The lowest BCUT2D eigenvalue weighted by atomic mass is 10.1. The highest BCUT2D eigenvalue weighted by Gasteiger charge is 2.07. The zero-order valence-electron chi connectivity index (χ0n) is 12.2. The number of aromatic nitrogens is 1. The Balaban J connectivity index is 2.03. The average molecular weight is 283 g/mol. The van der Waals surface area contributed by atoms with E-state index >= 15 is 0 Å². The van der Waals surface area contributed by atoms with Crippen LogP contribution in [0.25, 0.3) is 0 Å². The molecule has 1 aromatic heterocycles. The van der Waals surface area contributed by atoms with Crippen LogP contribution in [0.1, 0.15) is 36.6 Å². The molecule has 2 rings (SSSR count). The first-order valence-corrected chi connectivity index (χ1v) is 6.99. The van der Waals surface area contributed by atoms with Crippen molar-refractivity contribution in [3.05, 3.63) is 59.0 Å². The van der Waals surface area contributed by atoms with Crippen LogP contribution >= 0.6 is 0 Å². The van der Waals surface area contributed by atoms with Gasteiger partial charge >= 0.3 is 0 Å². The molecule has 3 nitrogen and oxygen atoms in total. The van der Waals surface area contributed by atoms with Crippen molar-refractivity contribution in [3.63, 3.8) is 0 Å². The van der Waals surface area contributed by atoms with Crippen LogP contribution in [0.2, 0.25) is 0 Å². The normalized spacial score (nSPS) is 10.4. The summed E-state index contributed by atoms with van der Waals surface area (Å²) in [4.78, 5) is 4.49. The fourth-order valence-corrected chi connectivity index (χ4v) is 2.00. The van der Waals surface area contributed by atoms with Gasteiger partial charge in [0.2, 0.25) is 0 Å². The van der Waals surface area contributed by atoms with Crippen LogP contribution in [-0.4, -0.2) is 11.5 Å². The minimum Gasteiger partial charge on any atom is -0.369 e. The maximum absolute atomic E-state index is 12.8. The topological polar surface area (TPSA) is 48.7 Å². The minimum atomic E-state index is -0.232. The summed E-state index contributed by atoms with van der Waals surface area (Å²) in [5, 5.41) is 12.3. The number of nitrogens with zero attached hydrogens (tertiary/aromatic N) is 2. The zero-order valence-corrected chi connectivity index (χ0v) is 12.2. The molecule has 0 atom stereocenters.